The molecule has 4 nitrogen and oxygen atoms in total. The molecule has 1 aromatic carbocycles. The zero-order valence-electron chi connectivity index (χ0n) is 15.6. The van der Waals surface area contributed by atoms with Gasteiger partial charge in [0.1, 0.15) is 0 Å². The molecular weight excluding hydrogens is 413 g/mol. The Labute approximate surface area is 163 Å². The molecule has 5 heteroatoms. The van der Waals surface area contributed by atoms with E-state index in [0.717, 1.165) is 18.4 Å². The zero-order valence-corrected chi connectivity index (χ0v) is 17.9. The number of guanidine groups is 1. The Bertz CT molecular complexity index is 540. The number of nitrogens with zero attached hydrogens (tertiary/aromatic N) is 1. The van der Waals surface area contributed by atoms with E-state index in [2.05, 4.69) is 69.5 Å². The summed E-state index contributed by atoms with van der Waals surface area (Å²) in [5, 5.41) is 6.80. The molecule has 1 fully saturated rings. The number of ether oxygens (including phenoxy) is 1. The predicted molar refractivity (Wildman–Crippen MR) is 112 cm³/mol. The molecule has 2 unspecified atom stereocenters. The molecule has 0 spiro atoms. The van der Waals surface area contributed by atoms with Gasteiger partial charge in [0.05, 0.1) is 18.8 Å². The van der Waals surface area contributed by atoms with Crippen LogP contribution in [-0.4, -0.2) is 24.1 Å². The molecule has 136 valence electrons. The van der Waals surface area contributed by atoms with Crippen LogP contribution in [0.1, 0.15) is 52.2 Å². The lowest BCUT2D eigenvalue weighted by atomic mass is 10.1. The number of benzene rings is 1. The van der Waals surface area contributed by atoms with Crippen molar-refractivity contribution in [2.45, 2.75) is 65.8 Å². The van der Waals surface area contributed by atoms with E-state index in [1.807, 2.05) is 0 Å². The lowest BCUT2D eigenvalue weighted by molar-refractivity contribution is -0.0149. The van der Waals surface area contributed by atoms with Crippen LogP contribution in [0.5, 0.6) is 0 Å². The molecule has 1 aromatic rings. The molecule has 2 atom stereocenters. The summed E-state index contributed by atoms with van der Waals surface area (Å²) in [4.78, 5) is 4.70. The summed E-state index contributed by atoms with van der Waals surface area (Å²) in [7, 11) is 0. The molecule has 0 amide bonds. The molecule has 0 heterocycles. The minimum Gasteiger partial charge on any atom is -0.371 e. The van der Waals surface area contributed by atoms with Crippen molar-refractivity contribution in [2.75, 3.05) is 6.54 Å². The lowest BCUT2D eigenvalue weighted by Gasteiger charge is -2.19. The van der Waals surface area contributed by atoms with Gasteiger partial charge >= 0.3 is 0 Å². The highest BCUT2D eigenvalue weighted by atomic mass is 127. The van der Waals surface area contributed by atoms with Crippen molar-refractivity contribution in [1.29, 1.82) is 0 Å². The second kappa shape index (κ2) is 9.61. The van der Waals surface area contributed by atoms with Gasteiger partial charge in [-0.3, -0.25) is 0 Å². The molecule has 1 saturated carbocycles. The smallest absolute Gasteiger partial charge is 0.191 e. The summed E-state index contributed by atoms with van der Waals surface area (Å²) in [6, 6.07) is 9.06. The van der Waals surface area contributed by atoms with Crippen molar-refractivity contribution in [2.24, 2.45) is 10.9 Å². The van der Waals surface area contributed by atoms with E-state index in [1.165, 1.54) is 17.5 Å². The van der Waals surface area contributed by atoms with E-state index in [1.54, 1.807) is 0 Å². The van der Waals surface area contributed by atoms with E-state index < -0.39 is 0 Å². The first-order valence-corrected chi connectivity index (χ1v) is 8.64. The molecule has 0 saturated heterocycles. The molecule has 0 aliphatic heterocycles. The van der Waals surface area contributed by atoms with Gasteiger partial charge in [-0.2, -0.15) is 0 Å². The Balaban J connectivity index is 0.00000288. The summed E-state index contributed by atoms with van der Waals surface area (Å²) in [5.41, 5.74) is 2.29. The highest BCUT2D eigenvalue weighted by Gasteiger charge is 2.33. The molecule has 1 aliphatic carbocycles. The first-order chi connectivity index (χ1) is 10.9. The number of rotatable bonds is 6. The monoisotopic (exact) mass is 445 g/mol. The van der Waals surface area contributed by atoms with Crippen LogP contribution in [0.2, 0.25) is 0 Å². The van der Waals surface area contributed by atoms with Gasteiger partial charge in [0.15, 0.2) is 5.96 Å². The van der Waals surface area contributed by atoms with Crippen molar-refractivity contribution in [1.82, 2.24) is 10.6 Å². The Morgan fingerprint density at radius 2 is 1.96 bits per heavy atom. The van der Waals surface area contributed by atoms with E-state index in [0.29, 0.717) is 19.2 Å². The topological polar surface area (TPSA) is 45.7 Å². The number of hydrogen-bond donors (Lipinski definition) is 2. The van der Waals surface area contributed by atoms with Crippen LogP contribution in [-0.2, 0) is 17.9 Å². The van der Waals surface area contributed by atoms with Gasteiger partial charge < -0.3 is 15.4 Å². The van der Waals surface area contributed by atoms with Crippen molar-refractivity contribution in [3.8, 4) is 0 Å². The molecule has 0 bridgehead atoms. The van der Waals surface area contributed by atoms with Crippen LogP contribution in [0.15, 0.2) is 29.3 Å². The number of nitrogens with one attached hydrogen (secondary N) is 2. The third-order valence-corrected chi connectivity index (χ3v) is 3.86. The Kier molecular flexibility index (Phi) is 8.50. The van der Waals surface area contributed by atoms with E-state index in [9.17, 15) is 0 Å². The SMILES string of the molecule is CCNC(=NCc1cccc(COC(C)(C)C)c1)NC1CC1C.I. The van der Waals surface area contributed by atoms with E-state index >= 15 is 0 Å². The van der Waals surface area contributed by atoms with Crippen molar-refractivity contribution in [3.63, 3.8) is 0 Å². The quantitative estimate of drug-likeness (QED) is 0.394. The molecule has 2 N–H and O–H groups in total. The van der Waals surface area contributed by atoms with Gasteiger partial charge in [-0.15, -0.1) is 24.0 Å². The Morgan fingerprint density at radius 1 is 1.29 bits per heavy atom. The van der Waals surface area contributed by atoms with Gasteiger partial charge in [-0.25, -0.2) is 4.99 Å². The Hall–Kier alpha value is -0.820. The van der Waals surface area contributed by atoms with Crippen LogP contribution in [0.3, 0.4) is 0 Å². The van der Waals surface area contributed by atoms with Crippen LogP contribution >= 0.6 is 24.0 Å². The number of halogens is 1. The summed E-state index contributed by atoms with van der Waals surface area (Å²) >= 11 is 0. The van der Waals surface area contributed by atoms with Crippen molar-refractivity contribution < 1.29 is 4.74 Å². The van der Waals surface area contributed by atoms with E-state index in [4.69, 9.17) is 9.73 Å². The summed E-state index contributed by atoms with van der Waals surface area (Å²) in [6.45, 7) is 12.8. The molecule has 24 heavy (non-hydrogen) atoms. The highest BCUT2D eigenvalue weighted by molar-refractivity contribution is 14.0. The first kappa shape index (κ1) is 21.2. The molecule has 0 radical (unpaired) electrons. The third-order valence-electron chi connectivity index (χ3n) is 3.86. The maximum atomic E-state index is 5.85. The zero-order chi connectivity index (χ0) is 16.9. The molecule has 2 rings (SSSR count). The molecule has 1 aliphatic rings. The van der Waals surface area contributed by atoms with Crippen LogP contribution < -0.4 is 10.6 Å². The fraction of sp³-hybridized carbons (Fsp3) is 0.632. The second-order valence-electron chi connectivity index (χ2n) is 7.38. The van der Waals surface area contributed by atoms with Crippen molar-refractivity contribution >= 4 is 29.9 Å². The van der Waals surface area contributed by atoms with Crippen molar-refractivity contribution in [3.05, 3.63) is 35.4 Å². The average molecular weight is 445 g/mol. The van der Waals surface area contributed by atoms with Gasteiger partial charge in [-0.1, -0.05) is 31.2 Å². The number of aliphatic imine (C=N–C) groups is 1. The summed E-state index contributed by atoms with van der Waals surface area (Å²) in [5.74, 6) is 1.68. The third kappa shape index (κ3) is 7.83. The van der Waals surface area contributed by atoms with Gasteiger partial charge in [-0.05, 0) is 51.2 Å². The average Bonchev–Trinajstić information content (AvgIpc) is 3.18. The predicted octanol–water partition coefficient (Wildman–Crippen LogP) is 4.08. The fourth-order valence-corrected chi connectivity index (χ4v) is 2.31. The first-order valence-electron chi connectivity index (χ1n) is 8.64. The minimum atomic E-state index is -0.114. The van der Waals surface area contributed by atoms with Gasteiger partial charge in [0.2, 0.25) is 0 Å². The number of hydrogen-bond acceptors (Lipinski definition) is 2. The van der Waals surface area contributed by atoms with Crippen LogP contribution in [0.4, 0.5) is 0 Å². The molecular formula is C19H32IN3O. The summed E-state index contributed by atoms with van der Waals surface area (Å²) in [6.07, 6.45) is 1.24. The lowest BCUT2D eigenvalue weighted by Crippen LogP contribution is -2.39. The van der Waals surface area contributed by atoms with Gasteiger partial charge in [0, 0.05) is 12.6 Å². The Morgan fingerprint density at radius 3 is 2.54 bits per heavy atom. The second-order valence-corrected chi connectivity index (χ2v) is 7.38. The van der Waals surface area contributed by atoms with E-state index in [-0.39, 0.29) is 29.6 Å². The van der Waals surface area contributed by atoms with Gasteiger partial charge in [0.25, 0.3) is 0 Å². The normalized spacial score (nSPS) is 20.3. The highest BCUT2D eigenvalue weighted by Crippen LogP contribution is 2.28. The largest absolute Gasteiger partial charge is 0.371 e. The van der Waals surface area contributed by atoms with Crippen LogP contribution in [0.25, 0.3) is 0 Å². The summed E-state index contributed by atoms with van der Waals surface area (Å²) < 4.78 is 5.85. The standard InChI is InChI=1S/C19H31N3O.HI/c1-6-20-18(22-17-10-14(17)2)21-12-15-8-7-9-16(11-15)13-23-19(3,4)5;/h7-9,11,14,17H,6,10,12-13H2,1-5H3,(H2,20,21,22);1H. The fourth-order valence-electron chi connectivity index (χ4n) is 2.31. The molecule has 0 aromatic heterocycles. The maximum absolute atomic E-state index is 5.85. The van der Waals surface area contributed by atoms with Crippen LogP contribution in [0, 0.1) is 5.92 Å². The minimum absolute atomic E-state index is 0. The maximum Gasteiger partial charge on any atom is 0.191 e.